The quantitative estimate of drug-likeness (QED) is 0.413. The van der Waals surface area contributed by atoms with Gasteiger partial charge in [-0.05, 0) is 32.3 Å². The van der Waals surface area contributed by atoms with Gasteiger partial charge in [0, 0.05) is 0 Å². The Labute approximate surface area is 77.7 Å². The first kappa shape index (κ1) is 9.84. The standard InChI is InChI=1S/C10H14O3/c1-8-3-2-4-9(7-8)13-6-5-10(11)12/h5-7,9H,2-4H2,1H3,(H,11,12). The molecule has 3 heteroatoms. The Kier molecular flexibility index (Phi) is 3.55. The molecule has 3 nitrogen and oxygen atoms in total. The van der Waals surface area contributed by atoms with Crippen molar-refractivity contribution in [2.24, 2.45) is 0 Å². The van der Waals surface area contributed by atoms with Gasteiger partial charge in [0.2, 0.25) is 0 Å². The summed E-state index contributed by atoms with van der Waals surface area (Å²) >= 11 is 0. The zero-order valence-electron chi connectivity index (χ0n) is 7.69. The summed E-state index contributed by atoms with van der Waals surface area (Å²) in [6.07, 6.45) is 7.59. The Morgan fingerprint density at radius 3 is 3.15 bits per heavy atom. The lowest BCUT2D eigenvalue weighted by Crippen LogP contribution is -2.11. The number of hydrogen-bond acceptors (Lipinski definition) is 2. The van der Waals surface area contributed by atoms with Crippen LogP contribution in [0.15, 0.2) is 24.0 Å². The molecule has 0 saturated carbocycles. The van der Waals surface area contributed by atoms with Gasteiger partial charge < -0.3 is 9.84 Å². The summed E-state index contributed by atoms with van der Waals surface area (Å²) in [7, 11) is 0. The molecule has 0 amide bonds. The maximum Gasteiger partial charge on any atom is 0.331 e. The van der Waals surface area contributed by atoms with E-state index in [1.54, 1.807) is 0 Å². The largest absolute Gasteiger partial charge is 0.494 e. The normalized spacial score (nSPS) is 22.8. The fourth-order valence-electron chi connectivity index (χ4n) is 1.37. The van der Waals surface area contributed by atoms with Gasteiger partial charge in [-0.3, -0.25) is 0 Å². The number of allylic oxidation sites excluding steroid dienone is 1. The van der Waals surface area contributed by atoms with E-state index in [4.69, 9.17) is 9.84 Å². The van der Waals surface area contributed by atoms with Crippen molar-refractivity contribution in [1.82, 2.24) is 0 Å². The maximum atomic E-state index is 10.1. The summed E-state index contributed by atoms with van der Waals surface area (Å²) in [5.41, 5.74) is 1.32. The van der Waals surface area contributed by atoms with Crippen molar-refractivity contribution in [3.63, 3.8) is 0 Å². The van der Waals surface area contributed by atoms with Crippen LogP contribution >= 0.6 is 0 Å². The van der Waals surface area contributed by atoms with E-state index < -0.39 is 5.97 Å². The van der Waals surface area contributed by atoms with Crippen molar-refractivity contribution >= 4 is 5.97 Å². The van der Waals surface area contributed by atoms with Gasteiger partial charge in [0.15, 0.2) is 0 Å². The van der Waals surface area contributed by atoms with Crippen LogP contribution in [0.1, 0.15) is 26.2 Å². The summed E-state index contributed by atoms with van der Waals surface area (Å²) in [4.78, 5) is 10.1. The van der Waals surface area contributed by atoms with Crippen LogP contribution in [0.25, 0.3) is 0 Å². The summed E-state index contributed by atoms with van der Waals surface area (Å²) < 4.78 is 5.23. The molecule has 1 aliphatic carbocycles. The SMILES string of the molecule is CC1=CC(OC=CC(=O)O)CCC1. The minimum Gasteiger partial charge on any atom is -0.494 e. The Hall–Kier alpha value is -1.25. The molecule has 13 heavy (non-hydrogen) atoms. The van der Waals surface area contributed by atoms with Crippen LogP contribution < -0.4 is 0 Å². The third-order valence-corrected chi connectivity index (χ3v) is 1.99. The van der Waals surface area contributed by atoms with E-state index in [0.717, 1.165) is 25.3 Å². The highest BCUT2D eigenvalue weighted by Gasteiger charge is 2.10. The molecule has 0 bridgehead atoms. The highest BCUT2D eigenvalue weighted by molar-refractivity contribution is 5.79. The van der Waals surface area contributed by atoms with E-state index in [2.05, 4.69) is 13.0 Å². The third kappa shape index (κ3) is 3.78. The van der Waals surface area contributed by atoms with Gasteiger partial charge >= 0.3 is 5.97 Å². The van der Waals surface area contributed by atoms with Gasteiger partial charge in [-0.15, -0.1) is 0 Å². The van der Waals surface area contributed by atoms with Crippen LogP contribution in [0.5, 0.6) is 0 Å². The molecule has 0 aromatic carbocycles. The van der Waals surface area contributed by atoms with E-state index in [0.29, 0.717) is 0 Å². The molecule has 1 rings (SSSR count). The molecule has 0 fully saturated rings. The smallest absolute Gasteiger partial charge is 0.331 e. The molecule has 0 radical (unpaired) electrons. The number of rotatable bonds is 3. The van der Waals surface area contributed by atoms with Crippen molar-refractivity contribution in [3.05, 3.63) is 24.0 Å². The Morgan fingerprint density at radius 1 is 1.77 bits per heavy atom. The lowest BCUT2D eigenvalue weighted by atomic mass is 9.99. The van der Waals surface area contributed by atoms with Crippen LogP contribution in [-0.4, -0.2) is 17.2 Å². The Balaban J connectivity index is 2.37. The second-order valence-corrected chi connectivity index (χ2v) is 3.22. The van der Waals surface area contributed by atoms with Crippen LogP contribution in [0.3, 0.4) is 0 Å². The first-order valence-electron chi connectivity index (χ1n) is 4.40. The van der Waals surface area contributed by atoms with Gasteiger partial charge in [-0.25, -0.2) is 4.79 Å². The van der Waals surface area contributed by atoms with Crippen molar-refractivity contribution in [3.8, 4) is 0 Å². The average Bonchev–Trinajstić information content (AvgIpc) is 2.03. The summed E-state index contributed by atoms with van der Waals surface area (Å²) in [5, 5.41) is 8.31. The zero-order chi connectivity index (χ0) is 9.68. The third-order valence-electron chi connectivity index (χ3n) is 1.99. The van der Waals surface area contributed by atoms with Gasteiger partial charge in [-0.1, -0.05) is 5.57 Å². The minimum atomic E-state index is -0.975. The molecule has 0 saturated heterocycles. The average molecular weight is 182 g/mol. The molecule has 1 N–H and O–H groups in total. The predicted octanol–water partition coefficient (Wildman–Crippen LogP) is 2.10. The first-order chi connectivity index (χ1) is 6.18. The zero-order valence-corrected chi connectivity index (χ0v) is 7.69. The minimum absolute atomic E-state index is 0.0596. The van der Waals surface area contributed by atoms with E-state index in [9.17, 15) is 4.79 Å². The summed E-state index contributed by atoms with van der Waals surface area (Å²) in [5.74, 6) is -0.975. The van der Waals surface area contributed by atoms with Gasteiger partial charge in [0.1, 0.15) is 6.10 Å². The molecule has 1 aliphatic rings. The highest BCUT2D eigenvalue weighted by atomic mass is 16.5. The second kappa shape index (κ2) is 4.70. The topological polar surface area (TPSA) is 46.5 Å². The van der Waals surface area contributed by atoms with Crippen molar-refractivity contribution < 1.29 is 14.6 Å². The monoisotopic (exact) mass is 182 g/mol. The molecule has 0 aromatic heterocycles. The molecule has 72 valence electrons. The fraction of sp³-hybridized carbons (Fsp3) is 0.500. The number of carboxylic acids is 1. The van der Waals surface area contributed by atoms with E-state index in [1.165, 1.54) is 11.8 Å². The van der Waals surface area contributed by atoms with Crippen LogP contribution in [0, 0.1) is 0 Å². The van der Waals surface area contributed by atoms with E-state index in [-0.39, 0.29) is 6.10 Å². The van der Waals surface area contributed by atoms with Gasteiger partial charge in [-0.2, -0.15) is 0 Å². The first-order valence-corrected chi connectivity index (χ1v) is 4.40. The Morgan fingerprint density at radius 2 is 2.54 bits per heavy atom. The summed E-state index contributed by atoms with van der Waals surface area (Å²) in [6.45, 7) is 2.07. The van der Waals surface area contributed by atoms with Gasteiger partial charge in [0.25, 0.3) is 0 Å². The van der Waals surface area contributed by atoms with E-state index >= 15 is 0 Å². The lowest BCUT2D eigenvalue weighted by Gasteiger charge is -2.18. The maximum absolute atomic E-state index is 10.1. The second-order valence-electron chi connectivity index (χ2n) is 3.22. The lowest BCUT2D eigenvalue weighted by molar-refractivity contribution is -0.131. The van der Waals surface area contributed by atoms with Gasteiger partial charge in [0.05, 0.1) is 12.3 Å². The molecule has 0 spiro atoms. The van der Waals surface area contributed by atoms with Crippen LogP contribution in [-0.2, 0) is 9.53 Å². The molecule has 1 atom stereocenters. The number of hydrogen-bond donors (Lipinski definition) is 1. The fourth-order valence-corrected chi connectivity index (χ4v) is 1.37. The van der Waals surface area contributed by atoms with Crippen LogP contribution in [0.4, 0.5) is 0 Å². The number of carboxylic acid groups (broad SMARTS) is 1. The number of aliphatic carboxylic acids is 1. The molecule has 0 aliphatic heterocycles. The molecular formula is C10H14O3. The predicted molar refractivity (Wildman–Crippen MR) is 49.3 cm³/mol. The van der Waals surface area contributed by atoms with E-state index in [1.807, 2.05) is 0 Å². The molecule has 0 heterocycles. The highest BCUT2D eigenvalue weighted by Crippen LogP contribution is 2.19. The number of ether oxygens (including phenoxy) is 1. The van der Waals surface area contributed by atoms with Crippen molar-refractivity contribution in [2.75, 3.05) is 0 Å². The Bertz CT molecular complexity index is 241. The van der Waals surface area contributed by atoms with Crippen molar-refractivity contribution in [1.29, 1.82) is 0 Å². The molecule has 1 unspecified atom stereocenters. The van der Waals surface area contributed by atoms with Crippen molar-refractivity contribution in [2.45, 2.75) is 32.3 Å². The molecule has 0 aromatic rings. The molecular weight excluding hydrogens is 168 g/mol. The van der Waals surface area contributed by atoms with Crippen LogP contribution in [0.2, 0.25) is 0 Å². The number of carbonyl (C=O) groups is 1. The summed E-state index contributed by atoms with van der Waals surface area (Å²) in [6, 6.07) is 0.